The van der Waals surface area contributed by atoms with Gasteiger partial charge in [-0.1, -0.05) is 64.3 Å². The molecule has 0 saturated heterocycles. The average Bonchev–Trinajstić information content (AvgIpc) is 2.60. The van der Waals surface area contributed by atoms with E-state index in [1.54, 1.807) is 0 Å². The fourth-order valence-corrected chi connectivity index (χ4v) is 3.75. The normalized spacial score (nSPS) is 18.3. The molecular weight excluding hydrogens is 278 g/mol. The number of aryl methyl sites for hydroxylation is 1. The summed E-state index contributed by atoms with van der Waals surface area (Å²) in [6, 6.07) is 10.9. The highest BCUT2D eigenvalue weighted by atomic mass is 15.2. The van der Waals surface area contributed by atoms with Gasteiger partial charge in [-0.15, -0.1) is 0 Å². The first-order chi connectivity index (χ1) is 10.9. The van der Waals surface area contributed by atoms with Crippen LogP contribution in [-0.2, 0) is 11.8 Å². The van der Waals surface area contributed by atoms with Crippen LogP contribution in [0.2, 0.25) is 0 Å². The minimum atomic E-state index is 0.299. The molecule has 0 amide bonds. The molecule has 1 fully saturated rings. The molecule has 2 rings (SSSR count). The van der Waals surface area contributed by atoms with Crippen LogP contribution in [0, 0.1) is 0 Å². The fourth-order valence-electron chi connectivity index (χ4n) is 3.75. The lowest BCUT2D eigenvalue weighted by atomic mass is 9.82. The molecule has 0 aromatic heterocycles. The van der Waals surface area contributed by atoms with Gasteiger partial charge in [0.1, 0.15) is 0 Å². The van der Waals surface area contributed by atoms with Crippen molar-refractivity contribution in [2.45, 2.75) is 96.6 Å². The second kappa shape index (κ2) is 8.33. The van der Waals surface area contributed by atoms with E-state index in [9.17, 15) is 0 Å². The Labute approximate surface area is 144 Å². The lowest BCUT2D eigenvalue weighted by Gasteiger charge is -2.35. The molecule has 1 unspecified atom stereocenters. The molecule has 0 spiro atoms. The zero-order valence-corrected chi connectivity index (χ0v) is 16.1. The van der Waals surface area contributed by atoms with Crippen molar-refractivity contribution in [3.8, 4) is 0 Å². The highest BCUT2D eigenvalue weighted by Crippen LogP contribution is 2.27. The molecule has 1 aliphatic carbocycles. The van der Waals surface area contributed by atoms with E-state index in [0.29, 0.717) is 11.5 Å². The van der Waals surface area contributed by atoms with E-state index in [4.69, 9.17) is 0 Å². The topological polar surface area (TPSA) is 3.24 Å². The molecule has 0 aliphatic heterocycles. The van der Waals surface area contributed by atoms with Crippen molar-refractivity contribution in [2.75, 3.05) is 7.05 Å². The largest absolute Gasteiger partial charge is 0.301 e. The molecule has 1 aliphatic rings. The summed E-state index contributed by atoms with van der Waals surface area (Å²) in [6.45, 7) is 9.35. The molecule has 130 valence electrons. The summed E-state index contributed by atoms with van der Waals surface area (Å²) in [6.07, 6.45) is 10.8. The Morgan fingerprint density at radius 2 is 1.70 bits per heavy atom. The van der Waals surface area contributed by atoms with Crippen molar-refractivity contribution in [3.63, 3.8) is 0 Å². The van der Waals surface area contributed by atoms with Gasteiger partial charge in [0.2, 0.25) is 0 Å². The quantitative estimate of drug-likeness (QED) is 0.600. The number of nitrogens with zero attached hydrogens (tertiary/aromatic N) is 1. The molecular formula is C22H37N. The highest BCUT2D eigenvalue weighted by molar-refractivity contribution is 5.28. The van der Waals surface area contributed by atoms with Crippen LogP contribution < -0.4 is 0 Å². The molecule has 0 N–H and O–H groups in total. The average molecular weight is 316 g/mol. The summed E-state index contributed by atoms with van der Waals surface area (Å²) < 4.78 is 0. The molecule has 0 radical (unpaired) electrons. The first-order valence-corrected chi connectivity index (χ1v) is 9.75. The predicted octanol–water partition coefficient (Wildman–Crippen LogP) is 5.96. The number of rotatable bonds is 7. The minimum absolute atomic E-state index is 0.299. The van der Waals surface area contributed by atoms with E-state index in [0.717, 1.165) is 6.04 Å². The molecule has 1 heteroatoms. The van der Waals surface area contributed by atoms with Gasteiger partial charge in [-0.3, -0.25) is 0 Å². The second-order valence-electron chi connectivity index (χ2n) is 8.28. The van der Waals surface area contributed by atoms with E-state index in [1.807, 2.05) is 0 Å². The van der Waals surface area contributed by atoms with Crippen molar-refractivity contribution >= 4 is 0 Å². The van der Waals surface area contributed by atoms with Gasteiger partial charge in [0.05, 0.1) is 0 Å². The monoisotopic (exact) mass is 315 g/mol. The van der Waals surface area contributed by atoms with Crippen LogP contribution in [0.4, 0.5) is 0 Å². The fraction of sp³-hybridized carbons (Fsp3) is 0.727. The zero-order chi connectivity index (χ0) is 16.9. The van der Waals surface area contributed by atoms with Crippen LogP contribution in [0.5, 0.6) is 0 Å². The Morgan fingerprint density at radius 1 is 1.09 bits per heavy atom. The van der Waals surface area contributed by atoms with Gasteiger partial charge < -0.3 is 4.90 Å². The molecule has 1 aromatic rings. The molecule has 1 nitrogen and oxygen atoms in total. The predicted molar refractivity (Wildman–Crippen MR) is 102 cm³/mol. The number of hydrogen-bond donors (Lipinski definition) is 0. The number of benzene rings is 1. The summed E-state index contributed by atoms with van der Waals surface area (Å²) in [5.41, 5.74) is 3.26. The molecule has 0 bridgehead atoms. The van der Waals surface area contributed by atoms with Gasteiger partial charge in [-0.2, -0.15) is 0 Å². The first-order valence-electron chi connectivity index (χ1n) is 9.75. The van der Waals surface area contributed by atoms with Crippen LogP contribution in [0.15, 0.2) is 24.3 Å². The summed E-state index contributed by atoms with van der Waals surface area (Å²) in [7, 11) is 2.34. The summed E-state index contributed by atoms with van der Waals surface area (Å²) >= 11 is 0. The van der Waals surface area contributed by atoms with Gasteiger partial charge in [0.25, 0.3) is 0 Å². The lowest BCUT2D eigenvalue weighted by molar-refractivity contribution is 0.140. The standard InChI is InChI=1S/C22H37N/c1-6-22(3,4)20-16-14-19(15-17-20)13-12-18(2)23(5)21-10-8-7-9-11-21/h14-18,21H,6-13H2,1-5H3. The van der Waals surface area contributed by atoms with Crippen LogP contribution in [0.3, 0.4) is 0 Å². The third-order valence-corrected chi connectivity index (χ3v) is 6.32. The van der Waals surface area contributed by atoms with E-state index in [2.05, 4.69) is 63.9 Å². The highest BCUT2D eigenvalue weighted by Gasteiger charge is 2.22. The van der Waals surface area contributed by atoms with Crippen molar-refractivity contribution < 1.29 is 0 Å². The molecule has 0 heterocycles. The van der Waals surface area contributed by atoms with Crippen molar-refractivity contribution in [3.05, 3.63) is 35.4 Å². The Morgan fingerprint density at radius 3 is 2.26 bits per heavy atom. The molecule has 1 saturated carbocycles. The van der Waals surface area contributed by atoms with E-state index >= 15 is 0 Å². The maximum atomic E-state index is 2.65. The van der Waals surface area contributed by atoms with Gasteiger partial charge in [-0.25, -0.2) is 0 Å². The van der Waals surface area contributed by atoms with E-state index in [1.165, 1.54) is 62.5 Å². The van der Waals surface area contributed by atoms with Crippen LogP contribution in [0.1, 0.15) is 83.8 Å². The third-order valence-electron chi connectivity index (χ3n) is 6.32. The molecule has 1 aromatic carbocycles. The SMILES string of the molecule is CCC(C)(C)c1ccc(CCC(C)N(C)C2CCCCC2)cc1. The van der Waals surface area contributed by atoms with Gasteiger partial charge in [0.15, 0.2) is 0 Å². The van der Waals surface area contributed by atoms with Crippen molar-refractivity contribution in [1.82, 2.24) is 4.90 Å². The van der Waals surface area contributed by atoms with E-state index < -0.39 is 0 Å². The third kappa shape index (κ3) is 5.08. The second-order valence-corrected chi connectivity index (χ2v) is 8.28. The zero-order valence-electron chi connectivity index (χ0n) is 16.1. The number of hydrogen-bond acceptors (Lipinski definition) is 1. The van der Waals surface area contributed by atoms with Crippen molar-refractivity contribution in [1.29, 1.82) is 0 Å². The summed E-state index contributed by atoms with van der Waals surface area (Å²) in [5, 5.41) is 0. The minimum Gasteiger partial charge on any atom is -0.301 e. The Kier molecular flexibility index (Phi) is 6.71. The van der Waals surface area contributed by atoms with Gasteiger partial charge >= 0.3 is 0 Å². The summed E-state index contributed by atoms with van der Waals surface area (Å²) in [5.74, 6) is 0. The van der Waals surface area contributed by atoms with Crippen LogP contribution >= 0.6 is 0 Å². The van der Waals surface area contributed by atoms with E-state index in [-0.39, 0.29) is 0 Å². The molecule has 1 atom stereocenters. The Bertz CT molecular complexity index is 453. The lowest BCUT2D eigenvalue weighted by Crippen LogP contribution is -2.40. The molecule has 23 heavy (non-hydrogen) atoms. The summed E-state index contributed by atoms with van der Waals surface area (Å²) in [4.78, 5) is 2.65. The maximum Gasteiger partial charge on any atom is 0.00950 e. The van der Waals surface area contributed by atoms with Gasteiger partial charge in [-0.05, 0) is 62.6 Å². The smallest absolute Gasteiger partial charge is 0.00950 e. The Balaban J connectivity index is 1.85. The maximum absolute atomic E-state index is 2.65. The van der Waals surface area contributed by atoms with Crippen LogP contribution in [0.25, 0.3) is 0 Å². The van der Waals surface area contributed by atoms with Crippen molar-refractivity contribution in [2.24, 2.45) is 0 Å². The Hall–Kier alpha value is -0.820. The van der Waals surface area contributed by atoms with Crippen LogP contribution in [-0.4, -0.2) is 24.0 Å². The van der Waals surface area contributed by atoms with Gasteiger partial charge in [0, 0.05) is 12.1 Å². The first kappa shape index (κ1) is 18.5.